The molecule has 0 aromatic heterocycles. The van der Waals surface area contributed by atoms with Crippen LogP contribution in [0.4, 0.5) is 4.79 Å². The van der Waals surface area contributed by atoms with Gasteiger partial charge >= 0.3 is 12.1 Å². The molecule has 154 valence electrons. The Labute approximate surface area is 162 Å². The van der Waals surface area contributed by atoms with E-state index in [1.165, 1.54) is 6.92 Å². The molecule has 27 heavy (non-hydrogen) atoms. The Bertz CT molecular complexity index is 529. The van der Waals surface area contributed by atoms with Gasteiger partial charge in [0.15, 0.2) is 0 Å². The molecule has 1 saturated heterocycles. The molecule has 2 fully saturated rings. The Morgan fingerprint density at radius 1 is 1.07 bits per heavy atom. The summed E-state index contributed by atoms with van der Waals surface area (Å²) < 4.78 is 10.9. The lowest BCUT2D eigenvalue weighted by atomic mass is 9.97. The number of carbonyl (C=O) groups is 3. The Morgan fingerprint density at radius 2 is 1.67 bits per heavy atom. The Kier molecular flexibility index (Phi) is 7.50. The summed E-state index contributed by atoms with van der Waals surface area (Å²) in [7, 11) is 0. The van der Waals surface area contributed by atoms with Gasteiger partial charge < -0.3 is 19.7 Å². The standard InChI is InChI=1S/C20H34N2O5/c1-14(23)21-17(16-7-5-6-8-16)18(24)26-13-15-9-11-22(12-10-15)19(25)27-20(2,3)4/h15-17H,5-13H2,1-4H3,(H,21,23). The second-order valence-electron chi connectivity index (χ2n) is 8.76. The van der Waals surface area contributed by atoms with Crippen molar-refractivity contribution in [2.75, 3.05) is 19.7 Å². The van der Waals surface area contributed by atoms with Crippen molar-refractivity contribution in [2.24, 2.45) is 11.8 Å². The molecule has 2 amide bonds. The first-order valence-corrected chi connectivity index (χ1v) is 10.1. The van der Waals surface area contributed by atoms with Crippen molar-refractivity contribution in [1.29, 1.82) is 0 Å². The SMILES string of the molecule is CC(=O)NC(C(=O)OCC1CCN(C(=O)OC(C)(C)C)CC1)C1CCCC1. The lowest BCUT2D eigenvalue weighted by Gasteiger charge is -2.33. The predicted molar refractivity (Wildman–Crippen MR) is 101 cm³/mol. The first-order valence-electron chi connectivity index (χ1n) is 10.1. The molecule has 0 aromatic carbocycles. The summed E-state index contributed by atoms with van der Waals surface area (Å²) in [6.45, 7) is 8.54. The number of piperidine rings is 1. The van der Waals surface area contributed by atoms with E-state index < -0.39 is 11.6 Å². The first kappa shape index (κ1) is 21.5. The van der Waals surface area contributed by atoms with Crippen molar-refractivity contribution in [3.8, 4) is 0 Å². The van der Waals surface area contributed by atoms with Gasteiger partial charge in [-0.05, 0) is 58.3 Å². The average Bonchev–Trinajstić information content (AvgIpc) is 3.10. The number of hydrogen-bond acceptors (Lipinski definition) is 5. The number of nitrogens with zero attached hydrogens (tertiary/aromatic N) is 1. The normalized spacial score (nSPS) is 20.2. The molecule has 1 heterocycles. The largest absolute Gasteiger partial charge is 0.464 e. The minimum absolute atomic E-state index is 0.176. The van der Waals surface area contributed by atoms with Gasteiger partial charge in [-0.1, -0.05) is 12.8 Å². The van der Waals surface area contributed by atoms with Crippen LogP contribution in [0.25, 0.3) is 0 Å². The number of hydrogen-bond donors (Lipinski definition) is 1. The summed E-state index contributed by atoms with van der Waals surface area (Å²) in [6.07, 6.45) is 5.36. The van der Waals surface area contributed by atoms with Crippen LogP contribution in [0.3, 0.4) is 0 Å². The van der Waals surface area contributed by atoms with E-state index in [9.17, 15) is 14.4 Å². The number of carbonyl (C=O) groups excluding carboxylic acids is 3. The van der Waals surface area contributed by atoms with E-state index in [-0.39, 0.29) is 29.8 Å². The molecule has 0 aromatic rings. The van der Waals surface area contributed by atoms with Gasteiger partial charge in [0.1, 0.15) is 11.6 Å². The van der Waals surface area contributed by atoms with Crippen LogP contribution in [0.5, 0.6) is 0 Å². The average molecular weight is 383 g/mol. The summed E-state index contributed by atoms with van der Waals surface area (Å²) in [5, 5.41) is 2.77. The van der Waals surface area contributed by atoms with Gasteiger partial charge in [-0.15, -0.1) is 0 Å². The van der Waals surface area contributed by atoms with Crippen LogP contribution in [-0.2, 0) is 19.1 Å². The van der Waals surface area contributed by atoms with Gasteiger partial charge in [0.25, 0.3) is 0 Å². The molecular weight excluding hydrogens is 348 g/mol. The molecule has 0 radical (unpaired) electrons. The van der Waals surface area contributed by atoms with Crippen LogP contribution in [0.2, 0.25) is 0 Å². The Morgan fingerprint density at radius 3 is 2.19 bits per heavy atom. The number of amides is 2. The van der Waals surface area contributed by atoms with Crippen molar-refractivity contribution < 1.29 is 23.9 Å². The van der Waals surface area contributed by atoms with Crippen LogP contribution in [0, 0.1) is 11.8 Å². The first-order chi connectivity index (χ1) is 12.7. The van der Waals surface area contributed by atoms with Gasteiger partial charge in [0, 0.05) is 20.0 Å². The molecule has 1 aliphatic carbocycles. The van der Waals surface area contributed by atoms with Crippen molar-refractivity contribution in [2.45, 2.75) is 77.9 Å². The number of esters is 1. The molecule has 1 aliphatic heterocycles. The van der Waals surface area contributed by atoms with E-state index in [0.717, 1.165) is 38.5 Å². The maximum Gasteiger partial charge on any atom is 0.410 e. The lowest BCUT2D eigenvalue weighted by Crippen LogP contribution is -2.46. The van der Waals surface area contributed by atoms with Crippen LogP contribution < -0.4 is 5.32 Å². The molecule has 1 N–H and O–H groups in total. The van der Waals surface area contributed by atoms with Crippen LogP contribution >= 0.6 is 0 Å². The predicted octanol–water partition coefficient (Wildman–Crippen LogP) is 2.87. The van der Waals surface area contributed by atoms with E-state index in [4.69, 9.17) is 9.47 Å². The van der Waals surface area contributed by atoms with E-state index in [0.29, 0.717) is 19.7 Å². The van der Waals surface area contributed by atoms with Gasteiger partial charge in [-0.3, -0.25) is 4.79 Å². The molecule has 0 spiro atoms. The van der Waals surface area contributed by atoms with Gasteiger partial charge in [0.05, 0.1) is 6.61 Å². The van der Waals surface area contributed by atoms with Crippen molar-refractivity contribution in [1.82, 2.24) is 10.2 Å². The highest BCUT2D eigenvalue weighted by Crippen LogP contribution is 2.28. The van der Waals surface area contributed by atoms with Crippen molar-refractivity contribution in [3.63, 3.8) is 0 Å². The fourth-order valence-electron chi connectivity index (χ4n) is 3.78. The summed E-state index contributed by atoms with van der Waals surface area (Å²) in [4.78, 5) is 37.8. The number of ether oxygens (including phenoxy) is 2. The Hall–Kier alpha value is -1.79. The molecular formula is C20H34N2O5. The highest BCUT2D eigenvalue weighted by atomic mass is 16.6. The van der Waals surface area contributed by atoms with E-state index in [1.807, 2.05) is 20.8 Å². The quantitative estimate of drug-likeness (QED) is 0.739. The third-order valence-electron chi connectivity index (χ3n) is 5.21. The highest BCUT2D eigenvalue weighted by Gasteiger charge is 2.33. The molecule has 0 bridgehead atoms. The molecule has 1 atom stereocenters. The molecule has 1 saturated carbocycles. The molecule has 2 rings (SSSR count). The molecule has 2 aliphatic rings. The van der Waals surface area contributed by atoms with Crippen molar-refractivity contribution >= 4 is 18.0 Å². The summed E-state index contributed by atoms with van der Waals surface area (Å²) >= 11 is 0. The monoisotopic (exact) mass is 382 g/mol. The number of nitrogens with one attached hydrogen (secondary N) is 1. The minimum Gasteiger partial charge on any atom is -0.464 e. The van der Waals surface area contributed by atoms with Crippen molar-refractivity contribution in [3.05, 3.63) is 0 Å². The van der Waals surface area contributed by atoms with Gasteiger partial charge in [0.2, 0.25) is 5.91 Å². The zero-order valence-electron chi connectivity index (χ0n) is 17.1. The summed E-state index contributed by atoms with van der Waals surface area (Å²) in [5.74, 6) is -0.120. The fraction of sp³-hybridized carbons (Fsp3) is 0.850. The third kappa shape index (κ3) is 7.03. The topological polar surface area (TPSA) is 84.9 Å². The summed E-state index contributed by atoms with van der Waals surface area (Å²) in [5.41, 5.74) is -0.498. The van der Waals surface area contributed by atoms with Crippen LogP contribution in [0.15, 0.2) is 0 Å². The Balaban J connectivity index is 1.77. The lowest BCUT2D eigenvalue weighted by molar-refractivity contribution is -0.151. The maximum absolute atomic E-state index is 12.5. The zero-order valence-corrected chi connectivity index (χ0v) is 17.1. The van der Waals surface area contributed by atoms with E-state index in [2.05, 4.69) is 5.32 Å². The minimum atomic E-state index is -0.535. The second-order valence-corrected chi connectivity index (χ2v) is 8.76. The number of likely N-dealkylation sites (tertiary alicyclic amines) is 1. The van der Waals surface area contributed by atoms with Gasteiger partial charge in [-0.25, -0.2) is 9.59 Å². The second kappa shape index (κ2) is 9.42. The van der Waals surface area contributed by atoms with Crippen LogP contribution in [-0.4, -0.2) is 54.2 Å². The van der Waals surface area contributed by atoms with Gasteiger partial charge in [-0.2, -0.15) is 0 Å². The number of rotatable bonds is 5. The molecule has 7 nitrogen and oxygen atoms in total. The van der Waals surface area contributed by atoms with E-state index in [1.54, 1.807) is 4.90 Å². The third-order valence-corrected chi connectivity index (χ3v) is 5.21. The smallest absolute Gasteiger partial charge is 0.410 e. The summed E-state index contributed by atoms with van der Waals surface area (Å²) in [6, 6.07) is -0.535. The zero-order chi connectivity index (χ0) is 20.0. The fourth-order valence-corrected chi connectivity index (χ4v) is 3.78. The molecule has 1 unspecified atom stereocenters. The molecule has 7 heteroatoms. The maximum atomic E-state index is 12.5. The highest BCUT2D eigenvalue weighted by molar-refractivity contribution is 5.83. The van der Waals surface area contributed by atoms with E-state index >= 15 is 0 Å². The van der Waals surface area contributed by atoms with Crippen LogP contribution in [0.1, 0.15) is 66.2 Å².